The monoisotopic (exact) mass is 374 g/mol. The van der Waals surface area contributed by atoms with Crippen LogP contribution in [0.15, 0.2) is 35.6 Å². The van der Waals surface area contributed by atoms with Crippen molar-refractivity contribution in [2.75, 3.05) is 46.5 Å². The maximum absolute atomic E-state index is 12.6. The minimum absolute atomic E-state index is 0.163. The molecule has 3 rings (SSSR count). The SMILES string of the molecule is COc1ccc([C@H]2C(C(C)=O)=C(O)C(=O)N2CCCN2CCOCC2)cc1. The van der Waals surface area contributed by atoms with Gasteiger partial charge in [0.1, 0.15) is 5.75 Å². The summed E-state index contributed by atoms with van der Waals surface area (Å²) in [5.41, 5.74) is 0.946. The van der Waals surface area contributed by atoms with Crippen molar-refractivity contribution in [1.82, 2.24) is 9.80 Å². The van der Waals surface area contributed by atoms with Crippen LogP contribution in [0.5, 0.6) is 5.75 Å². The highest BCUT2D eigenvalue weighted by atomic mass is 16.5. The molecular formula is C20H26N2O5. The van der Waals surface area contributed by atoms with Gasteiger partial charge in [0.25, 0.3) is 5.91 Å². The number of ketones is 1. The molecule has 1 aromatic rings. The van der Waals surface area contributed by atoms with E-state index in [0.29, 0.717) is 12.3 Å². The lowest BCUT2D eigenvalue weighted by Crippen LogP contribution is -2.39. The van der Waals surface area contributed by atoms with Crippen LogP contribution in [0.25, 0.3) is 0 Å². The van der Waals surface area contributed by atoms with Gasteiger partial charge >= 0.3 is 0 Å². The van der Waals surface area contributed by atoms with Crippen molar-refractivity contribution in [1.29, 1.82) is 0 Å². The molecule has 0 aliphatic carbocycles. The number of carbonyl (C=O) groups is 2. The first-order chi connectivity index (χ1) is 13.0. The van der Waals surface area contributed by atoms with Gasteiger partial charge in [0.05, 0.1) is 31.9 Å². The molecule has 27 heavy (non-hydrogen) atoms. The fourth-order valence-electron chi connectivity index (χ4n) is 3.67. The van der Waals surface area contributed by atoms with Gasteiger partial charge in [0.2, 0.25) is 0 Å². The molecule has 0 bridgehead atoms. The highest BCUT2D eigenvalue weighted by Crippen LogP contribution is 2.38. The van der Waals surface area contributed by atoms with Crippen LogP contribution in [0.2, 0.25) is 0 Å². The lowest BCUT2D eigenvalue weighted by molar-refractivity contribution is -0.129. The number of Topliss-reactive ketones (excluding diaryl/α,β-unsaturated/α-hetero) is 1. The van der Waals surface area contributed by atoms with E-state index in [4.69, 9.17) is 9.47 Å². The zero-order valence-corrected chi connectivity index (χ0v) is 15.8. The summed E-state index contributed by atoms with van der Waals surface area (Å²) in [6.45, 7) is 5.93. The lowest BCUT2D eigenvalue weighted by atomic mass is 9.96. The van der Waals surface area contributed by atoms with Gasteiger partial charge in [0.15, 0.2) is 11.5 Å². The van der Waals surface area contributed by atoms with E-state index >= 15 is 0 Å². The van der Waals surface area contributed by atoms with E-state index in [2.05, 4.69) is 4.90 Å². The maximum Gasteiger partial charge on any atom is 0.290 e. The summed E-state index contributed by atoms with van der Waals surface area (Å²) in [7, 11) is 1.58. The Morgan fingerprint density at radius 2 is 1.89 bits per heavy atom. The normalized spacial score (nSPS) is 21.0. The molecule has 1 fully saturated rings. The number of methoxy groups -OCH3 is 1. The quantitative estimate of drug-likeness (QED) is 0.783. The summed E-state index contributed by atoms with van der Waals surface area (Å²) in [6, 6.07) is 6.67. The second kappa shape index (κ2) is 8.54. The van der Waals surface area contributed by atoms with Crippen molar-refractivity contribution in [3.05, 3.63) is 41.2 Å². The van der Waals surface area contributed by atoms with Gasteiger partial charge in [-0.1, -0.05) is 12.1 Å². The molecular weight excluding hydrogens is 348 g/mol. The van der Waals surface area contributed by atoms with Crippen molar-refractivity contribution < 1.29 is 24.2 Å². The summed E-state index contributed by atoms with van der Waals surface area (Å²) in [6.07, 6.45) is 0.761. The summed E-state index contributed by atoms with van der Waals surface area (Å²) in [5, 5.41) is 10.3. The van der Waals surface area contributed by atoms with Crippen LogP contribution in [0, 0.1) is 0 Å². The molecule has 0 radical (unpaired) electrons. The molecule has 2 heterocycles. The highest BCUT2D eigenvalue weighted by Gasteiger charge is 2.42. The Kier molecular flexibility index (Phi) is 6.13. The number of morpholine rings is 1. The van der Waals surface area contributed by atoms with Crippen molar-refractivity contribution in [2.45, 2.75) is 19.4 Å². The first-order valence-corrected chi connectivity index (χ1v) is 9.22. The molecule has 146 valence electrons. The van der Waals surface area contributed by atoms with Gasteiger partial charge in [-0.25, -0.2) is 0 Å². The average molecular weight is 374 g/mol. The number of hydrogen-bond acceptors (Lipinski definition) is 6. The van der Waals surface area contributed by atoms with Gasteiger partial charge in [-0.05, 0) is 31.0 Å². The van der Waals surface area contributed by atoms with Gasteiger partial charge in [-0.2, -0.15) is 0 Å². The van der Waals surface area contributed by atoms with Crippen LogP contribution in [0.3, 0.4) is 0 Å². The summed E-state index contributed by atoms with van der Waals surface area (Å²) in [4.78, 5) is 28.6. The van der Waals surface area contributed by atoms with Gasteiger partial charge in [-0.3, -0.25) is 14.5 Å². The van der Waals surface area contributed by atoms with Crippen molar-refractivity contribution in [2.24, 2.45) is 0 Å². The van der Waals surface area contributed by atoms with Gasteiger partial charge < -0.3 is 19.5 Å². The molecule has 1 aromatic carbocycles. The van der Waals surface area contributed by atoms with E-state index in [1.807, 2.05) is 12.1 Å². The van der Waals surface area contributed by atoms with E-state index in [1.165, 1.54) is 6.92 Å². The molecule has 7 heteroatoms. The van der Waals surface area contributed by atoms with Crippen molar-refractivity contribution in [3.63, 3.8) is 0 Å². The Morgan fingerprint density at radius 3 is 2.48 bits per heavy atom. The Bertz CT molecular complexity index is 722. The van der Waals surface area contributed by atoms with E-state index in [0.717, 1.165) is 44.8 Å². The minimum atomic E-state index is -0.564. The van der Waals surface area contributed by atoms with Crippen LogP contribution in [0.1, 0.15) is 24.9 Å². The second-order valence-corrected chi connectivity index (χ2v) is 6.80. The molecule has 2 aliphatic heterocycles. The van der Waals surface area contributed by atoms with Gasteiger partial charge in [-0.15, -0.1) is 0 Å². The Hall–Kier alpha value is -2.38. The lowest BCUT2D eigenvalue weighted by Gasteiger charge is -2.30. The Morgan fingerprint density at radius 1 is 1.22 bits per heavy atom. The first-order valence-electron chi connectivity index (χ1n) is 9.22. The van der Waals surface area contributed by atoms with E-state index in [1.54, 1.807) is 24.1 Å². The predicted octanol–water partition coefficient (Wildman–Crippen LogP) is 1.70. The van der Waals surface area contributed by atoms with E-state index < -0.39 is 17.7 Å². The molecule has 0 unspecified atom stereocenters. The molecule has 2 aliphatic rings. The van der Waals surface area contributed by atoms with Gasteiger partial charge in [0, 0.05) is 26.2 Å². The van der Waals surface area contributed by atoms with Crippen LogP contribution >= 0.6 is 0 Å². The largest absolute Gasteiger partial charge is 0.503 e. The number of benzene rings is 1. The topological polar surface area (TPSA) is 79.3 Å². The zero-order chi connectivity index (χ0) is 19.4. The third kappa shape index (κ3) is 4.14. The van der Waals surface area contributed by atoms with Crippen LogP contribution < -0.4 is 4.74 Å². The summed E-state index contributed by atoms with van der Waals surface area (Å²) >= 11 is 0. The summed E-state index contributed by atoms with van der Waals surface area (Å²) in [5.74, 6) is -0.519. The fraction of sp³-hybridized carbons (Fsp3) is 0.500. The standard InChI is InChI=1S/C20H26N2O5/c1-14(23)17-18(15-4-6-16(26-2)7-5-15)22(20(25)19(17)24)9-3-8-21-10-12-27-13-11-21/h4-7,18,24H,3,8-13H2,1-2H3/t18-/m0/s1. The third-order valence-corrected chi connectivity index (χ3v) is 5.09. The molecule has 1 N–H and O–H groups in total. The Labute approximate surface area is 159 Å². The molecule has 0 aromatic heterocycles. The highest BCUT2D eigenvalue weighted by molar-refractivity contribution is 6.08. The average Bonchev–Trinajstić information content (AvgIpc) is 2.94. The zero-order valence-electron chi connectivity index (χ0n) is 15.8. The first kappa shape index (κ1) is 19.4. The van der Waals surface area contributed by atoms with E-state index in [-0.39, 0.29) is 11.4 Å². The smallest absolute Gasteiger partial charge is 0.290 e. The number of nitrogens with zero attached hydrogens (tertiary/aromatic N) is 2. The number of rotatable bonds is 7. The Balaban J connectivity index is 1.77. The molecule has 1 amide bonds. The second-order valence-electron chi connectivity index (χ2n) is 6.80. The number of aliphatic hydroxyl groups is 1. The predicted molar refractivity (Wildman–Crippen MR) is 99.7 cm³/mol. The summed E-state index contributed by atoms with van der Waals surface area (Å²) < 4.78 is 10.5. The van der Waals surface area contributed by atoms with Crippen molar-refractivity contribution >= 4 is 11.7 Å². The van der Waals surface area contributed by atoms with Crippen LogP contribution in [0.4, 0.5) is 0 Å². The third-order valence-electron chi connectivity index (χ3n) is 5.09. The van der Waals surface area contributed by atoms with Crippen molar-refractivity contribution in [3.8, 4) is 5.75 Å². The molecule has 1 atom stereocenters. The number of aliphatic hydroxyl groups excluding tert-OH is 1. The number of carbonyl (C=O) groups excluding carboxylic acids is 2. The number of amides is 1. The number of ether oxygens (including phenoxy) is 2. The van der Waals surface area contributed by atoms with Crippen LogP contribution in [-0.2, 0) is 14.3 Å². The minimum Gasteiger partial charge on any atom is -0.503 e. The maximum atomic E-state index is 12.6. The molecule has 7 nitrogen and oxygen atoms in total. The molecule has 1 saturated heterocycles. The molecule has 0 saturated carbocycles. The van der Waals surface area contributed by atoms with E-state index in [9.17, 15) is 14.7 Å². The molecule has 0 spiro atoms. The number of hydrogen-bond donors (Lipinski definition) is 1. The van der Waals surface area contributed by atoms with Crippen LogP contribution in [-0.4, -0.2) is 73.1 Å². The fourth-order valence-corrected chi connectivity index (χ4v) is 3.67.